The summed E-state index contributed by atoms with van der Waals surface area (Å²) in [5.74, 6) is -0.137. The van der Waals surface area contributed by atoms with E-state index in [-0.39, 0.29) is 17.8 Å². The summed E-state index contributed by atoms with van der Waals surface area (Å²) >= 11 is 0. The first kappa shape index (κ1) is 16.1. The SMILES string of the molecule is CC(C)S(=O)(=O)N[C@H]1C[C@@H]1c1ccc(-c2ccc(F)cn2)cc1. The van der Waals surface area contributed by atoms with Crippen LogP contribution < -0.4 is 4.72 Å². The molecule has 4 nitrogen and oxygen atoms in total. The minimum atomic E-state index is -3.23. The lowest BCUT2D eigenvalue weighted by Crippen LogP contribution is -2.33. The molecule has 1 aromatic heterocycles. The van der Waals surface area contributed by atoms with E-state index in [1.54, 1.807) is 19.9 Å². The van der Waals surface area contributed by atoms with E-state index in [1.807, 2.05) is 24.3 Å². The smallest absolute Gasteiger partial charge is 0.214 e. The van der Waals surface area contributed by atoms with Crippen molar-refractivity contribution in [2.45, 2.75) is 37.5 Å². The van der Waals surface area contributed by atoms with E-state index in [0.29, 0.717) is 5.69 Å². The first-order chi connectivity index (χ1) is 10.9. The molecule has 0 radical (unpaired) electrons. The van der Waals surface area contributed by atoms with Gasteiger partial charge in [-0.05, 0) is 38.0 Å². The number of sulfonamides is 1. The predicted molar refractivity (Wildman–Crippen MR) is 88.0 cm³/mol. The Morgan fingerprint density at radius 2 is 1.87 bits per heavy atom. The second kappa shape index (κ2) is 6.02. The Balaban J connectivity index is 1.69. The van der Waals surface area contributed by atoms with Gasteiger partial charge in [-0.2, -0.15) is 0 Å². The predicted octanol–water partition coefficient (Wildman–Crippen LogP) is 3.07. The molecule has 0 saturated heterocycles. The third-order valence-corrected chi connectivity index (χ3v) is 5.96. The Morgan fingerprint density at radius 3 is 2.43 bits per heavy atom. The van der Waals surface area contributed by atoms with E-state index in [1.165, 1.54) is 12.3 Å². The number of nitrogens with one attached hydrogen (secondary N) is 1. The maximum Gasteiger partial charge on any atom is 0.214 e. The Hall–Kier alpha value is -1.79. The van der Waals surface area contributed by atoms with Gasteiger partial charge in [0.05, 0.1) is 17.1 Å². The van der Waals surface area contributed by atoms with Crippen LogP contribution in [-0.4, -0.2) is 24.7 Å². The van der Waals surface area contributed by atoms with Crippen LogP contribution in [0.1, 0.15) is 31.7 Å². The Morgan fingerprint density at radius 1 is 1.17 bits per heavy atom. The molecule has 1 aliphatic carbocycles. The van der Waals surface area contributed by atoms with Gasteiger partial charge in [-0.25, -0.2) is 17.5 Å². The highest BCUT2D eigenvalue weighted by molar-refractivity contribution is 7.90. The van der Waals surface area contributed by atoms with Gasteiger partial charge in [-0.15, -0.1) is 0 Å². The average Bonchev–Trinajstić information content (AvgIpc) is 3.26. The van der Waals surface area contributed by atoms with Gasteiger partial charge in [0, 0.05) is 17.5 Å². The van der Waals surface area contributed by atoms with Crippen LogP contribution in [0.15, 0.2) is 42.6 Å². The summed E-state index contributed by atoms with van der Waals surface area (Å²) in [6.45, 7) is 3.34. The quantitative estimate of drug-likeness (QED) is 0.914. The van der Waals surface area contributed by atoms with E-state index in [2.05, 4.69) is 9.71 Å². The molecule has 1 aliphatic rings. The second-order valence-corrected chi connectivity index (χ2v) is 8.41. The lowest BCUT2D eigenvalue weighted by molar-refractivity contribution is 0.571. The highest BCUT2D eigenvalue weighted by Gasteiger charge is 2.41. The van der Waals surface area contributed by atoms with Gasteiger partial charge in [0.2, 0.25) is 10.0 Å². The molecule has 2 aromatic rings. The molecular formula is C17H19FN2O2S. The number of halogens is 1. The maximum atomic E-state index is 12.9. The highest BCUT2D eigenvalue weighted by atomic mass is 32.2. The van der Waals surface area contributed by atoms with Crippen molar-refractivity contribution >= 4 is 10.0 Å². The summed E-state index contributed by atoms with van der Waals surface area (Å²) in [6, 6.07) is 10.8. The highest BCUT2D eigenvalue weighted by Crippen LogP contribution is 2.41. The van der Waals surface area contributed by atoms with Crippen LogP contribution in [0.25, 0.3) is 11.3 Å². The van der Waals surface area contributed by atoms with Crippen molar-refractivity contribution in [1.29, 1.82) is 0 Å². The van der Waals surface area contributed by atoms with Crippen molar-refractivity contribution in [1.82, 2.24) is 9.71 Å². The summed E-state index contributed by atoms with van der Waals surface area (Å²) in [6.07, 6.45) is 2.01. The number of benzene rings is 1. The lowest BCUT2D eigenvalue weighted by Gasteiger charge is -2.09. The van der Waals surface area contributed by atoms with E-state index in [4.69, 9.17) is 0 Å². The fourth-order valence-corrected chi connectivity index (χ4v) is 3.44. The average molecular weight is 334 g/mol. The molecule has 1 aromatic carbocycles. The van der Waals surface area contributed by atoms with Gasteiger partial charge in [-0.1, -0.05) is 24.3 Å². The molecule has 3 rings (SSSR count). The zero-order valence-electron chi connectivity index (χ0n) is 13.0. The van der Waals surface area contributed by atoms with E-state index in [0.717, 1.165) is 17.5 Å². The standard InChI is InChI=1S/C17H19FN2O2S/c1-11(2)23(21,22)20-17-9-15(17)12-3-5-13(6-4-12)16-8-7-14(18)10-19-16/h3-8,10-11,15,17,20H,9H2,1-2H3/t15-,17+/m1/s1. The van der Waals surface area contributed by atoms with Crippen LogP contribution in [0.4, 0.5) is 4.39 Å². The number of rotatable bonds is 5. The van der Waals surface area contributed by atoms with Gasteiger partial charge >= 0.3 is 0 Å². The van der Waals surface area contributed by atoms with Crippen LogP contribution >= 0.6 is 0 Å². The Labute approximate surface area is 135 Å². The van der Waals surface area contributed by atoms with Crippen molar-refractivity contribution in [3.05, 3.63) is 54.0 Å². The van der Waals surface area contributed by atoms with Gasteiger partial charge in [0.1, 0.15) is 5.82 Å². The minimum absolute atomic E-state index is 0.0165. The zero-order valence-corrected chi connectivity index (χ0v) is 13.8. The molecule has 0 amide bonds. The fourth-order valence-electron chi connectivity index (χ4n) is 2.49. The molecule has 0 spiro atoms. The molecule has 0 aliphatic heterocycles. The second-order valence-electron chi connectivity index (χ2n) is 6.14. The van der Waals surface area contributed by atoms with Crippen LogP contribution in [0.5, 0.6) is 0 Å². The molecule has 1 fully saturated rings. The van der Waals surface area contributed by atoms with E-state index in [9.17, 15) is 12.8 Å². The first-order valence-electron chi connectivity index (χ1n) is 7.60. The summed E-state index contributed by atoms with van der Waals surface area (Å²) < 4.78 is 39.4. The minimum Gasteiger partial charge on any atom is -0.253 e. The van der Waals surface area contributed by atoms with Crippen molar-refractivity contribution < 1.29 is 12.8 Å². The molecule has 23 heavy (non-hydrogen) atoms. The molecule has 0 bridgehead atoms. The Bertz CT molecular complexity index is 786. The third kappa shape index (κ3) is 3.59. The fraction of sp³-hybridized carbons (Fsp3) is 0.353. The maximum absolute atomic E-state index is 12.9. The lowest BCUT2D eigenvalue weighted by atomic mass is 10.1. The summed E-state index contributed by atoms with van der Waals surface area (Å²) in [5, 5.41) is -0.421. The first-order valence-corrected chi connectivity index (χ1v) is 9.14. The van der Waals surface area contributed by atoms with Crippen molar-refractivity contribution in [3.63, 3.8) is 0 Å². The van der Waals surface area contributed by atoms with Crippen molar-refractivity contribution in [3.8, 4) is 11.3 Å². The summed E-state index contributed by atoms with van der Waals surface area (Å²) in [4.78, 5) is 4.05. The Kier molecular flexibility index (Phi) is 4.21. The van der Waals surface area contributed by atoms with Gasteiger partial charge in [-0.3, -0.25) is 4.98 Å². The number of nitrogens with zero attached hydrogens (tertiary/aromatic N) is 1. The molecule has 2 atom stereocenters. The van der Waals surface area contributed by atoms with Crippen molar-refractivity contribution in [2.24, 2.45) is 0 Å². The molecule has 1 heterocycles. The van der Waals surface area contributed by atoms with Gasteiger partial charge in [0.15, 0.2) is 0 Å². The van der Waals surface area contributed by atoms with Crippen LogP contribution in [-0.2, 0) is 10.0 Å². The van der Waals surface area contributed by atoms with Gasteiger partial charge in [0.25, 0.3) is 0 Å². The normalized spacial score (nSPS) is 20.7. The molecule has 0 unspecified atom stereocenters. The van der Waals surface area contributed by atoms with E-state index < -0.39 is 15.3 Å². The molecule has 1 N–H and O–H groups in total. The zero-order chi connectivity index (χ0) is 16.6. The van der Waals surface area contributed by atoms with E-state index >= 15 is 0 Å². The molecule has 6 heteroatoms. The number of aromatic nitrogens is 1. The largest absolute Gasteiger partial charge is 0.253 e. The van der Waals surface area contributed by atoms with Crippen LogP contribution in [0, 0.1) is 5.82 Å². The van der Waals surface area contributed by atoms with Crippen LogP contribution in [0.2, 0.25) is 0 Å². The van der Waals surface area contributed by atoms with Crippen molar-refractivity contribution in [2.75, 3.05) is 0 Å². The summed E-state index contributed by atoms with van der Waals surface area (Å²) in [7, 11) is -3.23. The number of pyridine rings is 1. The molecule has 1 saturated carbocycles. The van der Waals surface area contributed by atoms with Crippen LogP contribution in [0.3, 0.4) is 0 Å². The number of hydrogen-bond acceptors (Lipinski definition) is 3. The molecule has 122 valence electrons. The molecular weight excluding hydrogens is 315 g/mol. The summed E-state index contributed by atoms with van der Waals surface area (Å²) in [5.41, 5.74) is 2.73. The third-order valence-electron chi connectivity index (χ3n) is 4.09. The monoisotopic (exact) mass is 334 g/mol. The topological polar surface area (TPSA) is 59.1 Å². The van der Waals surface area contributed by atoms with Gasteiger partial charge < -0.3 is 0 Å². The number of hydrogen-bond donors (Lipinski definition) is 1.